The van der Waals surface area contributed by atoms with Gasteiger partial charge in [0, 0.05) is 19.2 Å². The number of hydrogen-bond donors (Lipinski definition) is 1. The number of nitrogens with one attached hydrogen (secondary N) is 1. The predicted molar refractivity (Wildman–Crippen MR) is 89.2 cm³/mol. The largest absolute Gasteiger partial charge is 0.466 e. The summed E-state index contributed by atoms with van der Waals surface area (Å²) in [5, 5.41) is 2.55. The maximum atomic E-state index is 13.7. The number of furan rings is 1. The molecule has 1 aliphatic heterocycles. The molecular formula is C18H18FN3O4. The van der Waals surface area contributed by atoms with Crippen LogP contribution >= 0.6 is 0 Å². The Balaban J connectivity index is 1.70. The summed E-state index contributed by atoms with van der Waals surface area (Å²) in [5.41, 5.74) is -1.01. The van der Waals surface area contributed by atoms with Gasteiger partial charge in [0.1, 0.15) is 18.1 Å². The highest BCUT2D eigenvalue weighted by Crippen LogP contribution is 2.29. The van der Waals surface area contributed by atoms with Gasteiger partial charge < -0.3 is 14.6 Å². The number of likely N-dealkylation sites (N-methyl/N-ethyl adjacent to an activating group) is 1. The molecule has 0 bridgehead atoms. The zero-order valence-electron chi connectivity index (χ0n) is 14.4. The smallest absolute Gasteiger partial charge is 0.325 e. The van der Waals surface area contributed by atoms with E-state index in [-0.39, 0.29) is 12.3 Å². The molecule has 1 fully saturated rings. The Morgan fingerprint density at radius 1 is 1.27 bits per heavy atom. The average Bonchev–Trinajstić information content (AvgIpc) is 3.21. The fraction of sp³-hybridized carbons (Fsp3) is 0.278. The summed E-state index contributed by atoms with van der Waals surface area (Å²) in [5.74, 6) is -1.21. The van der Waals surface area contributed by atoms with Crippen molar-refractivity contribution in [2.24, 2.45) is 0 Å². The molecule has 26 heavy (non-hydrogen) atoms. The highest BCUT2D eigenvalue weighted by Gasteiger charge is 2.51. The van der Waals surface area contributed by atoms with Crippen molar-refractivity contribution in [3.8, 4) is 0 Å². The molecule has 1 aromatic carbocycles. The first-order valence-corrected chi connectivity index (χ1v) is 7.98. The molecule has 2 aromatic rings. The molecule has 1 aliphatic rings. The van der Waals surface area contributed by atoms with Gasteiger partial charge in [0.15, 0.2) is 5.54 Å². The highest BCUT2D eigenvalue weighted by atomic mass is 19.1. The molecule has 4 amide bonds. The van der Waals surface area contributed by atoms with Gasteiger partial charge in [-0.3, -0.25) is 14.5 Å². The predicted octanol–water partition coefficient (Wildman–Crippen LogP) is 1.84. The SMILES string of the molecule is CN(Cc1ccccc1F)C(=O)CN1C(=O)NC(C)(c2ccco2)C1=O. The fourth-order valence-electron chi connectivity index (χ4n) is 2.80. The Bertz CT molecular complexity index is 852. The molecule has 0 spiro atoms. The Morgan fingerprint density at radius 2 is 2.00 bits per heavy atom. The van der Waals surface area contributed by atoms with Gasteiger partial charge in [-0.05, 0) is 25.1 Å². The number of carbonyl (C=O) groups is 3. The van der Waals surface area contributed by atoms with Crippen molar-refractivity contribution in [2.75, 3.05) is 13.6 Å². The van der Waals surface area contributed by atoms with E-state index in [0.29, 0.717) is 5.56 Å². The highest BCUT2D eigenvalue weighted by molar-refractivity contribution is 6.08. The summed E-state index contributed by atoms with van der Waals surface area (Å²) in [6.07, 6.45) is 1.40. The summed E-state index contributed by atoms with van der Waals surface area (Å²) in [4.78, 5) is 39.4. The normalized spacial score (nSPS) is 19.6. The van der Waals surface area contributed by atoms with Gasteiger partial charge >= 0.3 is 6.03 Å². The minimum absolute atomic E-state index is 0.0323. The fourth-order valence-corrected chi connectivity index (χ4v) is 2.80. The first kappa shape index (κ1) is 17.7. The first-order chi connectivity index (χ1) is 12.3. The third kappa shape index (κ3) is 3.05. The topological polar surface area (TPSA) is 82.9 Å². The summed E-state index contributed by atoms with van der Waals surface area (Å²) in [6.45, 7) is 1.11. The summed E-state index contributed by atoms with van der Waals surface area (Å²) in [6, 6.07) is 8.61. The molecule has 0 aliphatic carbocycles. The number of halogens is 1. The van der Waals surface area contributed by atoms with E-state index in [1.54, 1.807) is 30.3 Å². The number of nitrogens with zero attached hydrogens (tertiary/aromatic N) is 2. The Labute approximate surface area is 149 Å². The van der Waals surface area contributed by atoms with Crippen molar-refractivity contribution in [3.05, 3.63) is 59.8 Å². The standard InChI is InChI=1S/C18H18FN3O4/c1-18(14-8-5-9-26-14)16(24)22(17(25)20-18)11-15(23)21(2)10-12-6-3-4-7-13(12)19/h3-9H,10-11H2,1-2H3,(H,20,25). The van der Waals surface area contributed by atoms with Crippen LogP contribution in [0.25, 0.3) is 0 Å². The van der Waals surface area contributed by atoms with Gasteiger partial charge in [0.2, 0.25) is 5.91 Å². The zero-order chi connectivity index (χ0) is 18.9. The molecule has 1 aromatic heterocycles. The second-order valence-corrected chi connectivity index (χ2v) is 6.26. The third-order valence-corrected chi connectivity index (χ3v) is 4.37. The molecule has 1 saturated heterocycles. The van der Waals surface area contributed by atoms with Crippen LogP contribution in [0.2, 0.25) is 0 Å². The van der Waals surface area contributed by atoms with Gasteiger partial charge in [-0.15, -0.1) is 0 Å². The van der Waals surface area contributed by atoms with Crippen molar-refractivity contribution in [1.29, 1.82) is 0 Å². The van der Waals surface area contributed by atoms with Crippen molar-refractivity contribution < 1.29 is 23.2 Å². The maximum Gasteiger partial charge on any atom is 0.325 e. The second kappa shape index (κ2) is 6.62. The molecule has 7 nitrogen and oxygen atoms in total. The Kier molecular flexibility index (Phi) is 4.50. The molecule has 136 valence electrons. The van der Waals surface area contributed by atoms with E-state index in [1.165, 1.54) is 31.2 Å². The number of imide groups is 1. The van der Waals surface area contributed by atoms with E-state index in [2.05, 4.69) is 5.32 Å². The van der Waals surface area contributed by atoms with Gasteiger partial charge in [0.05, 0.1) is 6.26 Å². The molecule has 3 rings (SSSR count). The minimum atomic E-state index is -1.36. The zero-order valence-corrected chi connectivity index (χ0v) is 14.4. The van der Waals surface area contributed by atoms with Crippen LogP contribution in [0.4, 0.5) is 9.18 Å². The Hall–Kier alpha value is -3.16. The quantitative estimate of drug-likeness (QED) is 0.826. The number of carbonyl (C=O) groups excluding carboxylic acids is 3. The Morgan fingerprint density at radius 3 is 2.65 bits per heavy atom. The van der Waals surface area contributed by atoms with Gasteiger partial charge in [0.25, 0.3) is 5.91 Å². The monoisotopic (exact) mass is 359 g/mol. The lowest BCUT2D eigenvalue weighted by molar-refractivity contribution is -0.138. The maximum absolute atomic E-state index is 13.7. The lowest BCUT2D eigenvalue weighted by atomic mass is 9.99. The van der Waals surface area contributed by atoms with E-state index < -0.39 is 35.7 Å². The third-order valence-electron chi connectivity index (χ3n) is 4.37. The lowest BCUT2D eigenvalue weighted by Crippen LogP contribution is -2.43. The molecule has 1 atom stereocenters. The van der Waals surface area contributed by atoms with Crippen molar-refractivity contribution in [1.82, 2.24) is 15.1 Å². The van der Waals surface area contributed by atoms with Crippen LogP contribution in [0.1, 0.15) is 18.2 Å². The summed E-state index contributed by atoms with van der Waals surface area (Å²) in [7, 11) is 1.49. The van der Waals surface area contributed by atoms with Crippen molar-refractivity contribution in [2.45, 2.75) is 19.0 Å². The number of rotatable bonds is 5. The number of hydrogen-bond acceptors (Lipinski definition) is 4. The van der Waals surface area contributed by atoms with Crippen LogP contribution < -0.4 is 5.32 Å². The van der Waals surface area contributed by atoms with Crippen LogP contribution in [-0.2, 0) is 21.7 Å². The summed E-state index contributed by atoms with van der Waals surface area (Å²) >= 11 is 0. The summed E-state index contributed by atoms with van der Waals surface area (Å²) < 4.78 is 19.0. The van der Waals surface area contributed by atoms with Crippen molar-refractivity contribution >= 4 is 17.8 Å². The van der Waals surface area contributed by atoms with E-state index in [1.807, 2.05) is 0 Å². The molecular weight excluding hydrogens is 341 g/mol. The molecule has 2 heterocycles. The van der Waals surface area contributed by atoms with Gasteiger partial charge in [-0.25, -0.2) is 9.18 Å². The lowest BCUT2D eigenvalue weighted by Gasteiger charge is -2.22. The molecule has 8 heteroatoms. The van der Waals surface area contributed by atoms with Crippen LogP contribution in [0, 0.1) is 5.82 Å². The van der Waals surface area contributed by atoms with E-state index in [9.17, 15) is 18.8 Å². The molecule has 1 unspecified atom stereocenters. The van der Waals surface area contributed by atoms with Crippen LogP contribution in [0.15, 0.2) is 47.1 Å². The minimum Gasteiger partial charge on any atom is -0.466 e. The van der Waals surface area contributed by atoms with E-state index in [4.69, 9.17) is 4.42 Å². The van der Waals surface area contributed by atoms with E-state index >= 15 is 0 Å². The molecule has 1 N–H and O–H groups in total. The molecule has 0 saturated carbocycles. The first-order valence-electron chi connectivity index (χ1n) is 7.98. The average molecular weight is 359 g/mol. The number of urea groups is 1. The van der Waals surface area contributed by atoms with Gasteiger partial charge in [-0.1, -0.05) is 18.2 Å². The van der Waals surface area contributed by atoms with Crippen molar-refractivity contribution in [3.63, 3.8) is 0 Å². The number of amides is 4. The van der Waals surface area contributed by atoms with Crippen LogP contribution in [0.5, 0.6) is 0 Å². The molecule has 0 radical (unpaired) electrons. The van der Waals surface area contributed by atoms with E-state index in [0.717, 1.165) is 4.90 Å². The van der Waals surface area contributed by atoms with Gasteiger partial charge in [-0.2, -0.15) is 0 Å². The van der Waals surface area contributed by atoms with Crippen LogP contribution in [-0.4, -0.2) is 41.2 Å². The second-order valence-electron chi connectivity index (χ2n) is 6.26. The number of benzene rings is 1. The van der Waals surface area contributed by atoms with Crippen LogP contribution in [0.3, 0.4) is 0 Å².